The Hall–Kier alpha value is -1.94. The van der Waals surface area contributed by atoms with Gasteiger partial charge in [0, 0.05) is 17.4 Å². The normalized spacial score (nSPS) is 25.6. The molecular weight excluding hydrogens is 284 g/mol. The molecule has 0 N–H and O–H groups in total. The van der Waals surface area contributed by atoms with Gasteiger partial charge in [-0.1, -0.05) is 42.5 Å². The maximum absolute atomic E-state index is 12.6. The van der Waals surface area contributed by atoms with Crippen molar-refractivity contribution >= 4 is 15.6 Å². The fourth-order valence-corrected chi connectivity index (χ4v) is 5.54. The molecule has 2 aliphatic rings. The molecular formula is C17H14O3S. The highest BCUT2D eigenvalue weighted by molar-refractivity contribution is 7.91. The molecule has 4 heteroatoms. The first-order valence-electron chi connectivity index (χ1n) is 7.02. The second-order valence-corrected chi connectivity index (χ2v) is 7.76. The van der Waals surface area contributed by atoms with Crippen LogP contribution in [0.15, 0.2) is 53.4 Å². The van der Waals surface area contributed by atoms with Crippen molar-refractivity contribution in [2.75, 3.05) is 5.75 Å². The van der Waals surface area contributed by atoms with Crippen LogP contribution >= 0.6 is 0 Å². The average Bonchev–Trinajstić information content (AvgIpc) is 2.95. The van der Waals surface area contributed by atoms with Gasteiger partial charge in [-0.05, 0) is 23.6 Å². The Balaban J connectivity index is 1.80. The van der Waals surface area contributed by atoms with E-state index in [2.05, 4.69) is 0 Å². The molecule has 3 nitrogen and oxygen atoms in total. The first-order chi connectivity index (χ1) is 10.1. The van der Waals surface area contributed by atoms with Gasteiger partial charge < -0.3 is 0 Å². The number of ketones is 1. The quantitative estimate of drug-likeness (QED) is 0.813. The largest absolute Gasteiger partial charge is 0.294 e. The van der Waals surface area contributed by atoms with Crippen molar-refractivity contribution in [3.63, 3.8) is 0 Å². The van der Waals surface area contributed by atoms with Gasteiger partial charge in [-0.25, -0.2) is 8.42 Å². The maximum Gasteiger partial charge on any atom is 0.179 e. The van der Waals surface area contributed by atoms with Gasteiger partial charge in [-0.3, -0.25) is 4.79 Å². The standard InChI is InChI=1S/C17H14O3S/c18-17-12-6-2-1-5-11(12)9-14(17)15-10-21(19,20)16-8-4-3-7-13(15)16/h1-8,14-15H,9-10H2. The van der Waals surface area contributed by atoms with Crippen LogP contribution in [0.4, 0.5) is 0 Å². The molecule has 0 fully saturated rings. The van der Waals surface area contributed by atoms with Crippen LogP contribution in [0.1, 0.15) is 27.4 Å². The molecule has 0 spiro atoms. The summed E-state index contributed by atoms with van der Waals surface area (Å²) in [5.41, 5.74) is 2.60. The maximum atomic E-state index is 12.6. The predicted octanol–water partition coefficient (Wildman–Crippen LogP) is 2.61. The van der Waals surface area contributed by atoms with Crippen molar-refractivity contribution in [1.82, 2.24) is 0 Å². The molecule has 0 aromatic heterocycles. The van der Waals surface area contributed by atoms with Crippen LogP contribution in [0.2, 0.25) is 0 Å². The third kappa shape index (κ3) is 1.79. The summed E-state index contributed by atoms with van der Waals surface area (Å²) in [6.07, 6.45) is 0.642. The highest BCUT2D eigenvalue weighted by Crippen LogP contribution is 2.44. The van der Waals surface area contributed by atoms with Gasteiger partial charge in [0.25, 0.3) is 0 Å². The van der Waals surface area contributed by atoms with E-state index in [0.29, 0.717) is 11.3 Å². The smallest absolute Gasteiger partial charge is 0.179 e. The Morgan fingerprint density at radius 3 is 2.43 bits per heavy atom. The molecule has 0 amide bonds. The molecule has 2 aromatic carbocycles. The number of sulfone groups is 1. The van der Waals surface area contributed by atoms with E-state index in [9.17, 15) is 13.2 Å². The zero-order chi connectivity index (χ0) is 14.6. The van der Waals surface area contributed by atoms with E-state index >= 15 is 0 Å². The minimum atomic E-state index is -3.26. The Labute approximate surface area is 123 Å². The van der Waals surface area contributed by atoms with Crippen LogP contribution in [0.5, 0.6) is 0 Å². The van der Waals surface area contributed by atoms with E-state index in [4.69, 9.17) is 0 Å². The number of hydrogen-bond donors (Lipinski definition) is 0. The zero-order valence-electron chi connectivity index (χ0n) is 11.3. The molecule has 2 atom stereocenters. The third-order valence-corrected chi connectivity index (χ3v) is 6.44. The molecule has 1 heterocycles. The number of benzene rings is 2. The Morgan fingerprint density at radius 1 is 0.905 bits per heavy atom. The van der Waals surface area contributed by atoms with Gasteiger partial charge in [0.05, 0.1) is 10.6 Å². The van der Waals surface area contributed by atoms with Gasteiger partial charge in [0.2, 0.25) is 0 Å². The lowest BCUT2D eigenvalue weighted by Gasteiger charge is -2.16. The van der Waals surface area contributed by atoms with Gasteiger partial charge >= 0.3 is 0 Å². The van der Waals surface area contributed by atoms with E-state index in [1.807, 2.05) is 36.4 Å². The average molecular weight is 298 g/mol. The molecule has 0 saturated carbocycles. The Bertz CT molecular complexity index is 852. The molecule has 1 aliphatic carbocycles. The van der Waals surface area contributed by atoms with Crippen molar-refractivity contribution in [1.29, 1.82) is 0 Å². The van der Waals surface area contributed by atoms with Crippen molar-refractivity contribution in [3.05, 3.63) is 65.2 Å². The summed E-state index contributed by atoms with van der Waals surface area (Å²) < 4.78 is 24.6. The number of carbonyl (C=O) groups is 1. The van der Waals surface area contributed by atoms with Crippen LogP contribution in [0.3, 0.4) is 0 Å². The molecule has 0 radical (unpaired) electrons. The number of carbonyl (C=O) groups excluding carboxylic acids is 1. The van der Waals surface area contributed by atoms with Crippen LogP contribution in [-0.4, -0.2) is 20.0 Å². The van der Waals surface area contributed by atoms with E-state index in [1.165, 1.54) is 0 Å². The molecule has 21 heavy (non-hydrogen) atoms. The first-order valence-corrected chi connectivity index (χ1v) is 8.67. The first kappa shape index (κ1) is 12.8. The number of Topliss-reactive ketones (excluding diaryl/α,β-unsaturated/α-hetero) is 1. The van der Waals surface area contributed by atoms with Gasteiger partial charge in [0.15, 0.2) is 15.6 Å². The van der Waals surface area contributed by atoms with Crippen molar-refractivity contribution in [3.8, 4) is 0 Å². The SMILES string of the molecule is O=C1c2ccccc2CC1C1CS(=O)(=O)c2ccccc21. The number of hydrogen-bond acceptors (Lipinski definition) is 3. The molecule has 4 rings (SSSR count). The van der Waals surface area contributed by atoms with Crippen LogP contribution < -0.4 is 0 Å². The van der Waals surface area contributed by atoms with Gasteiger partial charge in [-0.2, -0.15) is 0 Å². The van der Waals surface area contributed by atoms with Crippen molar-refractivity contribution in [2.45, 2.75) is 17.2 Å². The summed E-state index contributed by atoms with van der Waals surface area (Å²) in [6, 6.07) is 14.7. The topological polar surface area (TPSA) is 51.2 Å². The summed E-state index contributed by atoms with van der Waals surface area (Å²) in [6.45, 7) is 0. The molecule has 0 bridgehead atoms. The summed E-state index contributed by atoms with van der Waals surface area (Å²) in [4.78, 5) is 13.0. The highest BCUT2D eigenvalue weighted by atomic mass is 32.2. The zero-order valence-corrected chi connectivity index (χ0v) is 12.1. The van der Waals surface area contributed by atoms with Gasteiger partial charge in [0.1, 0.15) is 0 Å². The molecule has 1 aliphatic heterocycles. The van der Waals surface area contributed by atoms with E-state index in [0.717, 1.165) is 16.7 Å². The van der Waals surface area contributed by atoms with E-state index < -0.39 is 9.84 Å². The molecule has 2 aromatic rings. The minimum absolute atomic E-state index is 0.0523. The number of fused-ring (bicyclic) bond motifs is 2. The van der Waals surface area contributed by atoms with E-state index in [1.54, 1.807) is 12.1 Å². The van der Waals surface area contributed by atoms with Crippen LogP contribution in [0, 0.1) is 5.92 Å². The summed E-state index contributed by atoms with van der Waals surface area (Å²) in [5, 5.41) is 0. The van der Waals surface area contributed by atoms with Crippen LogP contribution in [-0.2, 0) is 16.3 Å². The molecule has 2 unspecified atom stereocenters. The van der Waals surface area contributed by atoms with Crippen LogP contribution in [0.25, 0.3) is 0 Å². The summed E-state index contributed by atoms with van der Waals surface area (Å²) >= 11 is 0. The predicted molar refractivity (Wildman–Crippen MR) is 79.2 cm³/mol. The van der Waals surface area contributed by atoms with Crippen molar-refractivity contribution < 1.29 is 13.2 Å². The fraction of sp³-hybridized carbons (Fsp3) is 0.235. The lowest BCUT2D eigenvalue weighted by atomic mass is 9.85. The fourth-order valence-electron chi connectivity index (χ4n) is 3.61. The van der Waals surface area contributed by atoms with Crippen molar-refractivity contribution in [2.24, 2.45) is 5.92 Å². The highest BCUT2D eigenvalue weighted by Gasteiger charge is 2.44. The lowest BCUT2D eigenvalue weighted by molar-refractivity contribution is 0.0923. The lowest BCUT2D eigenvalue weighted by Crippen LogP contribution is -2.20. The van der Waals surface area contributed by atoms with E-state index in [-0.39, 0.29) is 23.4 Å². The summed E-state index contributed by atoms with van der Waals surface area (Å²) in [5.74, 6) is -0.328. The van der Waals surface area contributed by atoms with Gasteiger partial charge in [-0.15, -0.1) is 0 Å². The monoisotopic (exact) mass is 298 g/mol. The third-order valence-electron chi connectivity index (χ3n) is 4.60. The molecule has 106 valence electrons. The molecule has 0 saturated heterocycles. The number of rotatable bonds is 1. The minimum Gasteiger partial charge on any atom is -0.294 e. The Morgan fingerprint density at radius 2 is 1.62 bits per heavy atom. The second-order valence-electron chi connectivity index (χ2n) is 5.76. The summed E-state index contributed by atoms with van der Waals surface area (Å²) in [7, 11) is -3.26. The Kier molecular flexibility index (Phi) is 2.60. The second kappa shape index (κ2) is 4.28.